The van der Waals surface area contributed by atoms with E-state index in [1.807, 2.05) is 26.0 Å². The van der Waals surface area contributed by atoms with Crippen molar-refractivity contribution >= 4 is 5.78 Å². The average molecular weight is 195 g/mol. The van der Waals surface area contributed by atoms with Gasteiger partial charge in [-0.2, -0.15) is 0 Å². The van der Waals surface area contributed by atoms with E-state index in [0.29, 0.717) is 17.7 Å². The number of allylic oxidation sites excluding steroid dienone is 3. The van der Waals surface area contributed by atoms with Crippen LogP contribution in [0.5, 0.6) is 0 Å². The van der Waals surface area contributed by atoms with Gasteiger partial charge in [0.15, 0.2) is 5.78 Å². The Morgan fingerprint density at radius 1 is 1.21 bits per heavy atom. The van der Waals surface area contributed by atoms with E-state index in [1.54, 1.807) is 0 Å². The van der Waals surface area contributed by atoms with Crippen molar-refractivity contribution in [3.63, 3.8) is 0 Å². The zero-order valence-electron chi connectivity index (χ0n) is 9.47. The van der Waals surface area contributed by atoms with Gasteiger partial charge in [-0.15, -0.1) is 0 Å². The summed E-state index contributed by atoms with van der Waals surface area (Å²) in [7, 11) is 0. The monoisotopic (exact) mass is 195 g/mol. The Labute approximate surface area is 86.9 Å². The van der Waals surface area contributed by atoms with E-state index in [-0.39, 0.29) is 5.78 Å². The van der Waals surface area contributed by atoms with E-state index in [4.69, 9.17) is 5.73 Å². The molecule has 0 amide bonds. The Kier molecular flexibility index (Phi) is 6.81. The number of nitrogens with two attached hydrogens (primary N) is 1. The van der Waals surface area contributed by atoms with Gasteiger partial charge in [-0.3, -0.25) is 4.79 Å². The molecule has 0 heterocycles. The summed E-state index contributed by atoms with van der Waals surface area (Å²) in [6.07, 6.45) is 7.21. The highest BCUT2D eigenvalue weighted by molar-refractivity contribution is 5.98. The van der Waals surface area contributed by atoms with Crippen LogP contribution in [0.15, 0.2) is 23.4 Å². The number of ketones is 1. The van der Waals surface area contributed by atoms with Crippen LogP contribution in [0.25, 0.3) is 0 Å². The van der Waals surface area contributed by atoms with Gasteiger partial charge >= 0.3 is 0 Å². The van der Waals surface area contributed by atoms with Crippen LogP contribution in [0.2, 0.25) is 0 Å². The molecule has 2 heteroatoms. The number of hydrogen-bond acceptors (Lipinski definition) is 2. The van der Waals surface area contributed by atoms with Crippen LogP contribution in [-0.4, -0.2) is 5.78 Å². The van der Waals surface area contributed by atoms with Crippen LogP contribution >= 0.6 is 0 Å². The molecule has 0 aliphatic heterocycles. The van der Waals surface area contributed by atoms with E-state index in [2.05, 4.69) is 6.92 Å². The molecule has 0 atom stereocenters. The number of Topliss-reactive ketones (excluding diaryl/α,β-unsaturated/α-hetero) is 1. The Bertz CT molecular complexity index is 239. The van der Waals surface area contributed by atoms with Crippen molar-refractivity contribution in [2.75, 3.05) is 0 Å². The minimum atomic E-state index is 0.136. The largest absolute Gasteiger partial charge is 0.398 e. The first-order valence-corrected chi connectivity index (χ1v) is 5.36. The van der Waals surface area contributed by atoms with Gasteiger partial charge in [0.05, 0.1) is 0 Å². The minimum absolute atomic E-state index is 0.136. The highest BCUT2D eigenvalue weighted by Gasteiger charge is 2.08. The first kappa shape index (κ1) is 12.9. The standard InChI is InChI=1S/C12H21NO/c1-4-7-9-11(13)10(8-5-2)12(14)6-3/h8-9H,4-7,13H2,1-3H3/b10-8+,11-9+. The molecule has 0 rings (SSSR count). The van der Waals surface area contributed by atoms with Crippen LogP contribution in [0, 0.1) is 0 Å². The van der Waals surface area contributed by atoms with E-state index in [9.17, 15) is 4.79 Å². The van der Waals surface area contributed by atoms with Crippen molar-refractivity contribution in [1.82, 2.24) is 0 Å². The minimum Gasteiger partial charge on any atom is -0.398 e. The smallest absolute Gasteiger partial charge is 0.164 e. The van der Waals surface area contributed by atoms with Crippen molar-refractivity contribution < 1.29 is 4.79 Å². The van der Waals surface area contributed by atoms with E-state index >= 15 is 0 Å². The van der Waals surface area contributed by atoms with Crippen LogP contribution in [-0.2, 0) is 4.79 Å². The van der Waals surface area contributed by atoms with Gasteiger partial charge < -0.3 is 5.73 Å². The summed E-state index contributed by atoms with van der Waals surface area (Å²) in [5.74, 6) is 0.136. The summed E-state index contributed by atoms with van der Waals surface area (Å²) in [4.78, 5) is 11.5. The fraction of sp³-hybridized carbons (Fsp3) is 0.583. The van der Waals surface area contributed by atoms with Gasteiger partial charge in [-0.25, -0.2) is 0 Å². The predicted octanol–water partition coefficient (Wildman–Crippen LogP) is 2.94. The molecule has 0 aliphatic rings. The molecule has 0 radical (unpaired) electrons. The van der Waals surface area contributed by atoms with Crippen molar-refractivity contribution in [3.8, 4) is 0 Å². The number of unbranched alkanes of at least 4 members (excludes halogenated alkanes) is 1. The molecule has 0 spiro atoms. The quantitative estimate of drug-likeness (QED) is 0.523. The van der Waals surface area contributed by atoms with Gasteiger partial charge in [0.25, 0.3) is 0 Å². The normalized spacial score (nSPS) is 13.1. The van der Waals surface area contributed by atoms with Gasteiger partial charge in [-0.05, 0) is 12.8 Å². The molecule has 2 nitrogen and oxygen atoms in total. The third kappa shape index (κ3) is 4.26. The van der Waals surface area contributed by atoms with Crippen molar-refractivity contribution in [2.24, 2.45) is 5.73 Å². The Balaban J connectivity index is 4.66. The molecule has 0 saturated heterocycles. The number of carbonyl (C=O) groups excluding carboxylic acids is 1. The molecule has 0 saturated carbocycles. The Hall–Kier alpha value is -1.05. The second-order valence-corrected chi connectivity index (χ2v) is 3.25. The zero-order chi connectivity index (χ0) is 11.0. The van der Waals surface area contributed by atoms with Crippen LogP contribution in [0.4, 0.5) is 0 Å². The summed E-state index contributed by atoms with van der Waals surface area (Å²) >= 11 is 0. The molecule has 0 fully saturated rings. The number of carbonyl (C=O) groups is 1. The fourth-order valence-electron chi connectivity index (χ4n) is 1.20. The maximum Gasteiger partial charge on any atom is 0.164 e. The second kappa shape index (κ2) is 7.36. The average Bonchev–Trinajstić information content (AvgIpc) is 2.21. The van der Waals surface area contributed by atoms with Gasteiger partial charge in [-0.1, -0.05) is 39.3 Å². The summed E-state index contributed by atoms with van der Waals surface area (Å²) in [5.41, 5.74) is 7.18. The lowest BCUT2D eigenvalue weighted by Crippen LogP contribution is -2.10. The Morgan fingerprint density at radius 3 is 2.29 bits per heavy atom. The van der Waals surface area contributed by atoms with E-state index < -0.39 is 0 Å². The first-order valence-electron chi connectivity index (χ1n) is 5.36. The summed E-state index contributed by atoms with van der Waals surface area (Å²) in [5, 5.41) is 0. The Morgan fingerprint density at radius 2 is 1.86 bits per heavy atom. The summed E-state index contributed by atoms with van der Waals surface area (Å²) < 4.78 is 0. The summed E-state index contributed by atoms with van der Waals surface area (Å²) in [6.45, 7) is 5.96. The van der Waals surface area contributed by atoms with E-state index in [0.717, 1.165) is 19.3 Å². The lowest BCUT2D eigenvalue weighted by Gasteiger charge is -2.05. The zero-order valence-corrected chi connectivity index (χ0v) is 9.47. The highest BCUT2D eigenvalue weighted by atomic mass is 16.1. The van der Waals surface area contributed by atoms with Crippen LogP contribution < -0.4 is 5.73 Å². The van der Waals surface area contributed by atoms with E-state index in [1.165, 1.54) is 0 Å². The maximum absolute atomic E-state index is 11.5. The summed E-state index contributed by atoms with van der Waals surface area (Å²) in [6, 6.07) is 0. The molecule has 0 bridgehead atoms. The van der Waals surface area contributed by atoms with Crippen molar-refractivity contribution in [3.05, 3.63) is 23.4 Å². The van der Waals surface area contributed by atoms with Crippen molar-refractivity contribution in [2.45, 2.75) is 46.5 Å². The molecule has 80 valence electrons. The number of hydrogen-bond donors (Lipinski definition) is 1. The lowest BCUT2D eigenvalue weighted by molar-refractivity contribution is -0.115. The second-order valence-electron chi connectivity index (χ2n) is 3.25. The third-order valence-corrected chi connectivity index (χ3v) is 1.99. The SMILES string of the molecule is CC/C=C(C(=O)CC)\C(N)=C/CCC. The van der Waals surface area contributed by atoms with Crippen LogP contribution in [0.3, 0.4) is 0 Å². The molecule has 14 heavy (non-hydrogen) atoms. The fourth-order valence-corrected chi connectivity index (χ4v) is 1.20. The first-order chi connectivity index (χ1) is 6.67. The molecule has 0 aliphatic carbocycles. The molecule has 0 aromatic rings. The third-order valence-electron chi connectivity index (χ3n) is 1.99. The molecular weight excluding hydrogens is 174 g/mol. The van der Waals surface area contributed by atoms with Crippen molar-refractivity contribution in [1.29, 1.82) is 0 Å². The molecule has 0 unspecified atom stereocenters. The predicted molar refractivity (Wildman–Crippen MR) is 60.9 cm³/mol. The number of rotatable bonds is 6. The molecule has 2 N–H and O–H groups in total. The topological polar surface area (TPSA) is 43.1 Å². The molecular formula is C12H21NO. The maximum atomic E-state index is 11.5. The van der Waals surface area contributed by atoms with Gasteiger partial charge in [0.1, 0.15) is 0 Å². The molecule has 0 aromatic heterocycles. The lowest BCUT2D eigenvalue weighted by atomic mass is 10.0. The van der Waals surface area contributed by atoms with Gasteiger partial charge in [0, 0.05) is 17.7 Å². The van der Waals surface area contributed by atoms with Crippen LogP contribution in [0.1, 0.15) is 46.5 Å². The van der Waals surface area contributed by atoms with Gasteiger partial charge in [0.2, 0.25) is 0 Å². The molecule has 0 aromatic carbocycles. The highest BCUT2D eigenvalue weighted by Crippen LogP contribution is 2.10.